The predicted molar refractivity (Wildman–Crippen MR) is 56.0 cm³/mol. The number of benzene rings is 1. The summed E-state index contributed by atoms with van der Waals surface area (Å²) in [5.74, 6) is -0.950. The summed E-state index contributed by atoms with van der Waals surface area (Å²) >= 11 is 3.40. The van der Waals surface area contributed by atoms with Gasteiger partial charge in [0.25, 0.3) is 0 Å². The Bertz CT molecular complexity index is 405. The van der Waals surface area contributed by atoms with Crippen molar-refractivity contribution >= 4 is 21.9 Å². The normalized spacial score (nSPS) is 24.7. The molecular formula is C10H10BrNO2. The molecule has 0 saturated carbocycles. The number of hydrogen-bond donors (Lipinski definition) is 2. The first-order valence-corrected chi connectivity index (χ1v) is 5.15. The Morgan fingerprint density at radius 2 is 2.29 bits per heavy atom. The molecule has 0 aromatic heterocycles. The number of aliphatic carboxylic acids is 1. The SMILES string of the molecule is NC1(C(=O)O)CCc2c(Br)cccc21. The van der Waals surface area contributed by atoms with Crippen molar-refractivity contribution < 1.29 is 9.90 Å². The molecule has 0 bridgehead atoms. The summed E-state index contributed by atoms with van der Waals surface area (Å²) < 4.78 is 0.948. The average Bonchev–Trinajstić information content (AvgIpc) is 2.47. The Balaban J connectivity index is 2.60. The van der Waals surface area contributed by atoms with Gasteiger partial charge in [0.15, 0.2) is 0 Å². The molecule has 0 spiro atoms. The van der Waals surface area contributed by atoms with Gasteiger partial charge in [-0.1, -0.05) is 28.1 Å². The van der Waals surface area contributed by atoms with Gasteiger partial charge in [-0.25, -0.2) is 4.79 Å². The van der Waals surface area contributed by atoms with Gasteiger partial charge >= 0.3 is 5.97 Å². The van der Waals surface area contributed by atoms with E-state index in [1.54, 1.807) is 6.07 Å². The van der Waals surface area contributed by atoms with Crippen molar-refractivity contribution in [2.75, 3.05) is 0 Å². The van der Waals surface area contributed by atoms with E-state index in [9.17, 15) is 4.79 Å². The number of hydrogen-bond acceptors (Lipinski definition) is 2. The van der Waals surface area contributed by atoms with Crippen LogP contribution >= 0.6 is 15.9 Å². The summed E-state index contributed by atoms with van der Waals surface area (Å²) in [5.41, 5.74) is 6.43. The van der Waals surface area contributed by atoms with Crippen LogP contribution in [0.2, 0.25) is 0 Å². The molecule has 1 aliphatic rings. The zero-order chi connectivity index (χ0) is 10.3. The van der Waals surface area contributed by atoms with Gasteiger partial charge in [0.05, 0.1) is 0 Å². The Morgan fingerprint density at radius 1 is 1.57 bits per heavy atom. The quantitative estimate of drug-likeness (QED) is 0.802. The minimum atomic E-state index is -1.20. The van der Waals surface area contributed by atoms with Gasteiger partial charge in [0, 0.05) is 4.47 Å². The highest BCUT2D eigenvalue weighted by atomic mass is 79.9. The van der Waals surface area contributed by atoms with Gasteiger partial charge in [-0.3, -0.25) is 0 Å². The minimum Gasteiger partial charge on any atom is -0.480 e. The Labute approximate surface area is 90.0 Å². The summed E-state index contributed by atoms with van der Waals surface area (Å²) in [7, 11) is 0. The van der Waals surface area contributed by atoms with Crippen molar-refractivity contribution in [2.45, 2.75) is 18.4 Å². The Morgan fingerprint density at radius 3 is 2.93 bits per heavy atom. The average molecular weight is 256 g/mol. The summed E-state index contributed by atoms with van der Waals surface area (Å²) in [6.07, 6.45) is 1.19. The largest absolute Gasteiger partial charge is 0.480 e. The van der Waals surface area contributed by atoms with E-state index in [4.69, 9.17) is 10.8 Å². The van der Waals surface area contributed by atoms with E-state index in [1.807, 2.05) is 12.1 Å². The van der Waals surface area contributed by atoms with Crippen LogP contribution in [0.3, 0.4) is 0 Å². The molecule has 1 aromatic rings. The standard InChI is InChI=1S/C10H10BrNO2/c11-8-3-1-2-7-6(8)4-5-10(7,12)9(13)14/h1-3H,4-5,12H2,(H,13,14). The van der Waals surface area contributed by atoms with E-state index in [0.717, 1.165) is 22.0 Å². The van der Waals surface area contributed by atoms with Gasteiger partial charge in [-0.05, 0) is 30.0 Å². The van der Waals surface area contributed by atoms with E-state index in [1.165, 1.54) is 0 Å². The highest BCUT2D eigenvalue weighted by Crippen LogP contribution is 2.38. The lowest BCUT2D eigenvalue weighted by atomic mass is 9.93. The summed E-state index contributed by atoms with van der Waals surface area (Å²) in [6.45, 7) is 0. The molecule has 0 saturated heterocycles. The molecule has 74 valence electrons. The van der Waals surface area contributed by atoms with Crippen molar-refractivity contribution in [1.82, 2.24) is 0 Å². The monoisotopic (exact) mass is 255 g/mol. The lowest BCUT2D eigenvalue weighted by Crippen LogP contribution is -2.42. The Kier molecular flexibility index (Phi) is 2.12. The van der Waals surface area contributed by atoms with Crippen LogP contribution in [0.5, 0.6) is 0 Å². The number of carboxylic acid groups (broad SMARTS) is 1. The van der Waals surface area contributed by atoms with Gasteiger partial charge < -0.3 is 10.8 Å². The van der Waals surface area contributed by atoms with Gasteiger partial charge in [0.2, 0.25) is 0 Å². The molecule has 3 N–H and O–H groups in total. The van der Waals surface area contributed by atoms with Crippen LogP contribution in [0, 0.1) is 0 Å². The second-order valence-electron chi connectivity index (χ2n) is 3.54. The predicted octanol–water partition coefficient (Wildman–Crippen LogP) is 1.63. The molecule has 0 radical (unpaired) electrons. The van der Waals surface area contributed by atoms with Crippen molar-refractivity contribution in [1.29, 1.82) is 0 Å². The minimum absolute atomic E-state index is 0.472. The fraction of sp³-hybridized carbons (Fsp3) is 0.300. The molecule has 1 unspecified atom stereocenters. The topological polar surface area (TPSA) is 63.3 Å². The number of carboxylic acids is 1. The molecule has 1 atom stereocenters. The summed E-state index contributed by atoms with van der Waals surface area (Å²) in [5, 5.41) is 9.07. The van der Waals surface area contributed by atoms with E-state index in [-0.39, 0.29) is 0 Å². The van der Waals surface area contributed by atoms with Crippen LogP contribution in [0.1, 0.15) is 17.5 Å². The third-order valence-electron chi connectivity index (χ3n) is 2.75. The van der Waals surface area contributed by atoms with Crippen molar-refractivity contribution in [3.63, 3.8) is 0 Å². The second kappa shape index (κ2) is 3.07. The first-order chi connectivity index (χ1) is 6.55. The lowest BCUT2D eigenvalue weighted by Gasteiger charge is -2.19. The Hall–Kier alpha value is -0.870. The maximum Gasteiger partial charge on any atom is 0.328 e. The molecule has 1 aliphatic carbocycles. The first kappa shape index (κ1) is 9.68. The highest BCUT2D eigenvalue weighted by molar-refractivity contribution is 9.10. The van der Waals surface area contributed by atoms with Crippen molar-refractivity contribution in [3.05, 3.63) is 33.8 Å². The number of carbonyl (C=O) groups is 1. The molecule has 0 fully saturated rings. The fourth-order valence-electron chi connectivity index (χ4n) is 1.91. The van der Waals surface area contributed by atoms with E-state index < -0.39 is 11.5 Å². The number of rotatable bonds is 1. The molecule has 3 nitrogen and oxygen atoms in total. The smallest absolute Gasteiger partial charge is 0.328 e. The third kappa shape index (κ3) is 1.18. The van der Waals surface area contributed by atoms with Crippen molar-refractivity contribution in [3.8, 4) is 0 Å². The molecule has 0 heterocycles. The zero-order valence-electron chi connectivity index (χ0n) is 7.46. The molecule has 2 rings (SSSR count). The van der Waals surface area contributed by atoms with Gasteiger partial charge in [0.1, 0.15) is 5.54 Å². The molecular weight excluding hydrogens is 246 g/mol. The van der Waals surface area contributed by atoms with Gasteiger partial charge in [-0.2, -0.15) is 0 Å². The van der Waals surface area contributed by atoms with Crippen molar-refractivity contribution in [2.24, 2.45) is 5.73 Å². The van der Waals surface area contributed by atoms with Gasteiger partial charge in [-0.15, -0.1) is 0 Å². The number of fused-ring (bicyclic) bond motifs is 1. The second-order valence-corrected chi connectivity index (χ2v) is 4.40. The summed E-state index contributed by atoms with van der Waals surface area (Å²) in [6, 6.07) is 5.52. The van der Waals surface area contributed by atoms with Crippen LogP contribution in [-0.2, 0) is 16.8 Å². The molecule has 4 heteroatoms. The first-order valence-electron chi connectivity index (χ1n) is 4.36. The molecule has 0 amide bonds. The maximum absolute atomic E-state index is 11.1. The van der Waals surface area contributed by atoms with Crippen LogP contribution in [-0.4, -0.2) is 11.1 Å². The molecule has 14 heavy (non-hydrogen) atoms. The maximum atomic E-state index is 11.1. The fourth-order valence-corrected chi connectivity index (χ4v) is 2.47. The lowest BCUT2D eigenvalue weighted by molar-refractivity contribution is -0.143. The van der Waals surface area contributed by atoms with Crippen LogP contribution in [0.15, 0.2) is 22.7 Å². The van der Waals surface area contributed by atoms with E-state index >= 15 is 0 Å². The number of nitrogens with two attached hydrogens (primary N) is 1. The zero-order valence-corrected chi connectivity index (χ0v) is 9.04. The van der Waals surface area contributed by atoms with E-state index in [0.29, 0.717) is 6.42 Å². The van der Waals surface area contributed by atoms with E-state index in [2.05, 4.69) is 15.9 Å². The molecule has 1 aromatic carbocycles. The van der Waals surface area contributed by atoms with Crippen LogP contribution in [0.25, 0.3) is 0 Å². The third-order valence-corrected chi connectivity index (χ3v) is 3.49. The molecule has 0 aliphatic heterocycles. The number of halogens is 1. The highest BCUT2D eigenvalue weighted by Gasteiger charge is 2.42. The van der Waals surface area contributed by atoms with Crippen LogP contribution < -0.4 is 5.73 Å². The summed E-state index contributed by atoms with van der Waals surface area (Å²) in [4.78, 5) is 11.1. The van der Waals surface area contributed by atoms with Crippen LogP contribution in [0.4, 0.5) is 0 Å².